The number of hydrogen-bond donors (Lipinski definition) is 0. The lowest BCUT2D eigenvalue weighted by atomic mass is 9.87. The van der Waals surface area contributed by atoms with E-state index in [4.69, 9.17) is 18.7 Å². The summed E-state index contributed by atoms with van der Waals surface area (Å²) in [6.07, 6.45) is 2.08. The standard InChI is InChI=1S/C19H22N2O5/c1-23-15-5-3-4-13(8-15)14-9-19(25-11-14)12-21(10-17(19)24-2)18(22)16-6-7-20-26-16/h3-8,14,17H,9-12H2,1-2H3/t14-,17-,19-/m1/s1. The van der Waals surface area contributed by atoms with Crippen LogP contribution in [0.4, 0.5) is 0 Å². The van der Waals surface area contributed by atoms with Gasteiger partial charge in [0.1, 0.15) is 17.5 Å². The van der Waals surface area contributed by atoms with Crippen molar-refractivity contribution >= 4 is 5.91 Å². The van der Waals surface area contributed by atoms with Gasteiger partial charge < -0.3 is 23.6 Å². The zero-order chi connectivity index (χ0) is 18.1. The molecule has 7 nitrogen and oxygen atoms in total. The SMILES string of the molecule is COc1cccc([C@H]2CO[C@]3(C2)CN(C(=O)c2ccno2)C[C@H]3OC)c1. The van der Waals surface area contributed by atoms with Gasteiger partial charge in [0.15, 0.2) is 0 Å². The van der Waals surface area contributed by atoms with E-state index >= 15 is 0 Å². The lowest BCUT2D eigenvalue weighted by Gasteiger charge is -2.28. The fourth-order valence-corrected chi connectivity index (χ4v) is 4.03. The molecule has 7 heteroatoms. The average Bonchev–Trinajstić information content (AvgIpc) is 3.42. The van der Waals surface area contributed by atoms with Crippen LogP contribution in [-0.4, -0.2) is 61.6 Å². The van der Waals surface area contributed by atoms with Crippen molar-refractivity contribution in [2.24, 2.45) is 0 Å². The predicted octanol–water partition coefficient (Wildman–Crippen LogP) is 2.10. The zero-order valence-corrected chi connectivity index (χ0v) is 14.9. The highest BCUT2D eigenvalue weighted by molar-refractivity contribution is 5.91. The summed E-state index contributed by atoms with van der Waals surface area (Å²) in [5.74, 6) is 1.12. The minimum atomic E-state index is -0.502. The fraction of sp³-hybridized carbons (Fsp3) is 0.474. The second kappa shape index (κ2) is 6.74. The van der Waals surface area contributed by atoms with Crippen molar-refractivity contribution in [1.82, 2.24) is 10.1 Å². The molecule has 2 aliphatic heterocycles. The molecule has 0 saturated carbocycles. The second-order valence-electron chi connectivity index (χ2n) is 6.84. The maximum Gasteiger partial charge on any atom is 0.292 e. The summed E-state index contributed by atoms with van der Waals surface area (Å²) in [5.41, 5.74) is 0.675. The Bertz CT molecular complexity index is 778. The van der Waals surface area contributed by atoms with Crippen LogP contribution in [-0.2, 0) is 9.47 Å². The van der Waals surface area contributed by atoms with Gasteiger partial charge in [-0.15, -0.1) is 0 Å². The van der Waals surface area contributed by atoms with Crippen LogP contribution in [0.3, 0.4) is 0 Å². The molecule has 0 radical (unpaired) electrons. The minimum Gasteiger partial charge on any atom is -0.497 e. The Hall–Kier alpha value is -2.38. The van der Waals surface area contributed by atoms with Gasteiger partial charge in [-0.3, -0.25) is 4.79 Å². The van der Waals surface area contributed by atoms with Crippen molar-refractivity contribution < 1.29 is 23.5 Å². The number of carbonyl (C=O) groups is 1. The van der Waals surface area contributed by atoms with Crippen molar-refractivity contribution in [3.63, 3.8) is 0 Å². The lowest BCUT2D eigenvalue weighted by molar-refractivity contribution is -0.0755. The maximum atomic E-state index is 12.6. The first-order valence-corrected chi connectivity index (χ1v) is 8.66. The number of amides is 1. The Labute approximate surface area is 151 Å². The molecule has 1 spiro atoms. The van der Waals surface area contributed by atoms with E-state index in [0.29, 0.717) is 19.7 Å². The number of methoxy groups -OCH3 is 2. The van der Waals surface area contributed by atoms with E-state index in [1.165, 1.54) is 11.8 Å². The number of benzene rings is 1. The molecule has 1 aromatic carbocycles. The van der Waals surface area contributed by atoms with Crippen LogP contribution in [0.5, 0.6) is 5.75 Å². The Morgan fingerprint density at radius 3 is 2.96 bits per heavy atom. The molecule has 0 unspecified atom stereocenters. The summed E-state index contributed by atoms with van der Waals surface area (Å²) in [7, 11) is 3.33. The van der Waals surface area contributed by atoms with Crippen LogP contribution in [0.2, 0.25) is 0 Å². The molecule has 3 atom stereocenters. The Morgan fingerprint density at radius 1 is 1.35 bits per heavy atom. The molecule has 26 heavy (non-hydrogen) atoms. The van der Waals surface area contributed by atoms with Crippen molar-refractivity contribution in [3.05, 3.63) is 47.9 Å². The number of carbonyl (C=O) groups excluding carboxylic acids is 1. The molecule has 2 fully saturated rings. The average molecular weight is 358 g/mol. The summed E-state index contributed by atoms with van der Waals surface area (Å²) in [4.78, 5) is 14.3. The molecule has 0 bridgehead atoms. The molecule has 0 aliphatic carbocycles. The number of aromatic nitrogens is 1. The van der Waals surface area contributed by atoms with Crippen LogP contribution < -0.4 is 4.74 Å². The van der Waals surface area contributed by atoms with Gasteiger partial charge in [-0.05, 0) is 24.1 Å². The summed E-state index contributed by atoms with van der Waals surface area (Å²) in [6.45, 7) is 1.55. The Morgan fingerprint density at radius 2 is 2.23 bits per heavy atom. The monoisotopic (exact) mass is 358 g/mol. The molecule has 4 rings (SSSR count). The molecule has 2 aliphatic rings. The third-order valence-corrected chi connectivity index (χ3v) is 5.38. The minimum absolute atomic E-state index is 0.176. The van der Waals surface area contributed by atoms with Gasteiger partial charge in [0, 0.05) is 19.1 Å². The zero-order valence-electron chi connectivity index (χ0n) is 14.9. The van der Waals surface area contributed by atoms with Gasteiger partial charge in [0.2, 0.25) is 5.76 Å². The first-order valence-electron chi connectivity index (χ1n) is 8.66. The molecule has 138 valence electrons. The van der Waals surface area contributed by atoms with Gasteiger partial charge in [0.25, 0.3) is 5.91 Å². The third-order valence-electron chi connectivity index (χ3n) is 5.38. The van der Waals surface area contributed by atoms with Gasteiger partial charge in [-0.25, -0.2) is 0 Å². The third kappa shape index (κ3) is 2.87. The maximum absolute atomic E-state index is 12.6. The van der Waals surface area contributed by atoms with Gasteiger partial charge in [-0.2, -0.15) is 0 Å². The van der Waals surface area contributed by atoms with E-state index in [-0.39, 0.29) is 23.7 Å². The van der Waals surface area contributed by atoms with E-state index in [0.717, 1.165) is 12.2 Å². The highest BCUT2D eigenvalue weighted by Gasteiger charge is 2.54. The van der Waals surface area contributed by atoms with E-state index in [2.05, 4.69) is 11.2 Å². The summed E-state index contributed by atoms with van der Waals surface area (Å²) in [5, 5.41) is 3.61. The fourth-order valence-electron chi connectivity index (χ4n) is 4.03. The van der Waals surface area contributed by atoms with Crippen LogP contribution >= 0.6 is 0 Å². The van der Waals surface area contributed by atoms with Crippen LogP contribution in [0.25, 0.3) is 0 Å². The lowest BCUT2D eigenvalue weighted by Crippen LogP contribution is -2.42. The van der Waals surface area contributed by atoms with Gasteiger partial charge in [0.05, 0.1) is 33.0 Å². The number of likely N-dealkylation sites (tertiary alicyclic amines) is 1. The summed E-state index contributed by atoms with van der Waals surface area (Å²) in [6, 6.07) is 9.62. The number of rotatable bonds is 4. The molecular formula is C19H22N2O5. The molecule has 0 N–H and O–H groups in total. The van der Waals surface area contributed by atoms with Crippen molar-refractivity contribution in [1.29, 1.82) is 0 Å². The normalized spacial score (nSPS) is 28.0. The molecule has 3 heterocycles. The number of ether oxygens (including phenoxy) is 3. The van der Waals surface area contributed by atoms with Crippen LogP contribution in [0, 0.1) is 0 Å². The van der Waals surface area contributed by atoms with Gasteiger partial charge >= 0.3 is 0 Å². The van der Waals surface area contributed by atoms with Crippen LogP contribution in [0.1, 0.15) is 28.5 Å². The van der Waals surface area contributed by atoms with E-state index < -0.39 is 5.60 Å². The number of hydrogen-bond acceptors (Lipinski definition) is 6. The van der Waals surface area contributed by atoms with E-state index in [9.17, 15) is 4.79 Å². The summed E-state index contributed by atoms with van der Waals surface area (Å²) >= 11 is 0. The largest absolute Gasteiger partial charge is 0.497 e. The first kappa shape index (κ1) is 17.1. The van der Waals surface area contributed by atoms with Crippen molar-refractivity contribution in [2.75, 3.05) is 33.9 Å². The topological polar surface area (TPSA) is 74.0 Å². The van der Waals surface area contributed by atoms with E-state index in [1.807, 2.05) is 18.2 Å². The molecule has 2 saturated heterocycles. The molecule has 2 aromatic rings. The van der Waals surface area contributed by atoms with Crippen molar-refractivity contribution in [3.8, 4) is 5.75 Å². The molecular weight excluding hydrogens is 336 g/mol. The second-order valence-corrected chi connectivity index (χ2v) is 6.84. The van der Waals surface area contributed by atoms with Gasteiger partial charge in [-0.1, -0.05) is 17.3 Å². The highest BCUT2D eigenvalue weighted by atomic mass is 16.6. The quantitative estimate of drug-likeness (QED) is 0.833. The van der Waals surface area contributed by atoms with E-state index in [1.54, 1.807) is 25.2 Å². The predicted molar refractivity (Wildman–Crippen MR) is 92.2 cm³/mol. The summed E-state index contributed by atoms with van der Waals surface area (Å²) < 4.78 is 22.3. The molecule has 1 amide bonds. The Kier molecular flexibility index (Phi) is 4.42. The number of nitrogens with zero attached hydrogens (tertiary/aromatic N) is 2. The van der Waals surface area contributed by atoms with Crippen molar-refractivity contribution in [2.45, 2.75) is 24.0 Å². The highest BCUT2D eigenvalue weighted by Crippen LogP contribution is 2.44. The smallest absolute Gasteiger partial charge is 0.292 e. The Balaban J connectivity index is 1.53. The van der Waals surface area contributed by atoms with Crippen LogP contribution in [0.15, 0.2) is 41.1 Å². The first-order chi connectivity index (χ1) is 12.6. The molecule has 1 aromatic heterocycles.